The summed E-state index contributed by atoms with van der Waals surface area (Å²) in [5.41, 5.74) is 1.66. The third-order valence-electron chi connectivity index (χ3n) is 2.94. The zero-order chi connectivity index (χ0) is 15.2. The number of hydrogen-bond acceptors (Lipinski definition) is 6. The van der Waals surface area contributed by atoms with Gasteiger partial charge in [-0.3, -0.25) is 0 Å². The lowest BCUT2D eigenvalue weighted by Crippen LogP contribution is -2.12. The summed E-state index contributed by atoms with van der Waals surface area (Å²) < 4.78 is 11.4. The first-order chi connectivity index (χ1) is 10.1. The van der Waals surface area contributed by atoms with Crippen molar-refractivity contribution in [2.24, 2.45) is 0 Å². The number of aromatic nitrogens is 3. The van der Waals surface area contributed by atoms with Crippen LogP contribution in [0.1, 0.15) is 21.7 Å². The van der Waals surface area contributed by atoms with E-state index in [-0.39, 0.29) is 18.1 Å². The zero-order valence-corrected chi connectivity index (χ0v) is 11.9. The number of phenolic OH excluding ortho intramolecular Hbond substituents is 1. The van der Waals surface area contributed by atoms with Crippen LogP contribution < -0.4 is 0 Å². The van der Waals surface area contributed by atoms with Gasteiger partial charge in [0.15, 0.2) is 5.69 Å². The van der Waals surface area contributed by atoms with Crippen LogP contribution in [0.25, 0.3) is 0 Å². The predicted octanol–water partition coefficient (Wildman–Crippen LogP) is 1.14. The van der Waals surface area contributed by atoms with Gasteiger partial charge in [-0.25, -0.2) is 9.48 Å². The van der Waals surface area contributed by atoms with Crippen LogP contribution in [0.15, 0.2) is 24.3 Å². The van der Waals surface area contributed by atoms with E-state index < -0.39 is 5.97 Å². The van der Waals surface area contributed by atoms with E-state index >= 15 is 0 Å². The molecule has 1 N–H and O–H groups in total. The molecule has 7 heteroatoms. The van der Waals surface area contributed by atoms with Crippen molar-refractivity contribution in [1.29, 1.82) is 0 Å². The second kappa shape index (κ2) is 6.85. The van der Waals surface area contributed by atoms with Gasteiger partial charge in [-0.2, -0.15) is 0 Å². The van der Waals surface area contributed by atoms with Crippen molar-refractivity contribution in [1.82, 2.24) is 15.0 Å². The van der Waals surface area contributed by atoms with Gasteiger partial charge in [0.2, 0.25) is 0 Å². The molecule has 0 aliphatic rings. The molecule has 0 unspecified atom stereocenters. The summed E-state index contributed by atoms with van der Waals surface area (Å²) >= 11 is 0. The number of ether oxygens (including phenoxy) is 2. The number of aromatic hydroxyl groups is 1. The molecule has 0 fully saturated rings. The first-order valence-corrected chi connectivity index (χ1v) is 6.46. The Morgan fingerprint density at radius 3 is 2.90 bits per heavy atom. The minimum absolute atomic E-state index is 0.175. The van der Waals surface area contributed by atoms with Crippen molar-refractivity contribution in [3.63, 3.8) is 0 Å². The highest BCUT2D eigenvalue weighted by atomic mass is 16.6. The van der Waals surface area contributed by atoms with E-state index in [4.69, 9.17) is 9.47 Å². The van der Waals surface area contributed by atoms with Crippen molar-refractivity contribution in [3.8, 4) is 5.75 Å². The van der Waals surface area contributed by atoms with Crippen LogP contribution in [0.3, 0.4) is 0 Å². The van der Waals surface area contributed by atoms with Crippen LogP contribution in [-0.2, 0) is 16.0 Å². The zero-order valence-electron chi connectivity index (χ0n) is 11.9. The van der Waals surface area contributed by atoms with Crippen molar-refractivity contribution in [2.45, 2.75) is 13.5 Å². The second-order valence-corrected chi connectivity index (χ2v) is 4.48. The molecular formula is C14H17N3O4. The fourth-order valence-corrected chi connectivity index (χ4v) is 1.81. The number of methoxy groups -OCH3 is 1. The molecule has 0 spiro atoms. The van der Waals surface area contributed by atoms with Gasteiger partial charge in [-0.05, 0) is 24.6 Å². The number of phenols is 1. The first kappa shape index (κ1) is 15.0. The molecule has 2 aromatic rings. The van der Waals surface area contributed by atoms with Crippen molar-refractivity contribution in [2.75, 3.05) is 20.3 Å². The summed E-state index contributed by atoms with van der Waals surface area (Å²) in [4.78, 5) is 11.8. The summed E-state index contributed by atoms with van der Waals surface area (Å²) in [5, 5.41) is 17.2. The number of benzene rings is 1. The van der Waals surface area contributed by atoms with Gasteiger partial charge in [0.05, 0.1) is 18.8 Å². The van der Waals surface area contributed by atoms with E-state index in [0.29, 0.717) is 18.8 Å². The quantitative estimate of drug-likeness (QED) is 0.634. The molecule has 0 aliphatic carbocycles. The van der Waals surface area contributed by atoms with Crippen LogP contribution in [0.5, 0.6) is 5.75 Å². The lowest BCUT2D eigenvalue weighted by Gasteiger charge is -2.05. The minimum atomic E-state index is -0.522. The van der Waals surface area contributed by atoms with E-state index in [9.17, 15) is 9.90 Å². The fourth-order valence-electron chi connectivity index (χ4n) is 1.81. The number of nitrogens with zero attached hydrogens (tertiary/aromatic N) is 3. The average molecular weight is 291 g/mol. The molecule has 1 aromatic carbocycles. The highest BCUT2D eigenvalue weighted by Crippen LogP contribution is 2.13. The number of carbonyl (C=O) groups excluding carboxylic acids is 1. The topological polar surface area (TPSA) is 86.5 Å². The minimum Gasteiger partial charge on any atom is -0.508 e. The summed E-state index contributed by atoms with van der Waals surface area (Å²) in [7, 11) is 1.53. The Hall–Kier alpha value is -2.41. The third kappa shape index (κ3) is 3.79. The van der Waals surface area contributed by atoms with Gasteiger partial charge in [-0.15, -0.1) is 5.10 Å². The van der Waals surface area contributed by atoms with E-state index in [2.05, 4.69) is 10.3 Å². The van der Waals surface area contributed by atoms with Crippen LogP contribution in [0.2, 0.25) is 0 Å². The molecular weight excluding hydrogens is 274 g/mol. The molecule has 7 nitrogen and oxygen atoms in total. The van der Waals surface area contributed by atoms with Crippen LogP contribution >= 0.6 is 0 Å². The molecule has 0 bridgehead atoms. The van der Waals surface area contributed by atoms with Crippen LogP contribution in [-0.4, -0.2) is 46.4 Å². The summed E-state index contributed by atoms with van der Waals surface area (Å²) in [6, 6.07) is 6.84. The molecule has 21 heavy (non-hydrogen) atoms. The van der Waals surface area contributed by atoms with Gasteiger partial charge in [0.1, 0.15) is 12.4 Å². The smallest absolute Gasteiger partial charge is 0.360 e. The van der Waals surface area contributed by atoms with Gasteiger partial charge < -0.3 is 14.6 Å². The van der Waals surface area contributed by atoms with E-state index in [1.807, 2.05) is 6.07 Å². The molecule has 112 valence electrons. The Morgan fingerprint density at radius 1 is 1.38 bits per heavy atom. The van der Waals surface area contributed by atoms with Crippen molar-refractivity contribution < 1.29 is 19.4 Å². The summed E-state index contributed by atoms with van der Waals surface area (Å²) in [6.07, 6.45) is 0. The van der Waals surface area contributed by atoms with E-state index in [1.54, 1.807) is 29.8 Å². The maximum Gasteiger partial charge on any atom is 0.360 e. The molecule has 0 atom stereocenters. The maximum absolute atomic E-state index is 11.8. The van der Waals surface area contributed by atoms with Gasteiger partial charge in [0, 0.05) is 7.11 Å². The molecule has 0 amide bonds. The van der Waals surface area contributed by atoms with Gasteiger partial charge >= 0.3 is 5.97 Å². The summed E-state index contributed by atoms with van der Waals surface area (Å²) in [6.45, 7) is 2.67. The molecule has 0 saturated carbocycles. The lowest BCUT2D eigenvalue weighted by molar-refractivity contribution is 0.0380. The monoisotopic (exact) mass is 291 g/mol. The van der Waals surface area contributed by atoms with Gasteiger partial charge in [-0.1, -0.05) is 17.3 Å². The molecule has 1 aromatic heterocycles. The molecule has 0 saturated heterocycles. The highest BCUT2D eigenvalue weighted by molar-refractivity contribution is 5.88. The normalized spacial score (nSPS) is 10.6. The number of esters is 1. The average Bonchev–Trinajstić information content (AvgIpc) is 2.80. The maximum atomic E-state index is 11.8. The fraction of sp³-hybridized carbons (Fsp3) is 0.357. The highest BCUT2D eigenvalue weighted by Gasteiger charge is 2.17. The largest absolute Gasteiger partial charge is 0.508 e. The number of hydrogen-bond donors (Lipinski definition) is 1. The van der Waals surface area contributed by atoms with Crippen molar-refractivity contribution in [3.05, 3.63) is 41.2 Å². The predicted molar refractivity (Wildman–Crippen MR) is 74.1 cm³/mol. The Morgan fingerprint density at radius 2 is 2.19 bits per heavy atom. The van der Waals surface area contributed by atoms with E-state index in [1.165, 1.54) is 7.11 Å². The Labute approximate surface area is 122 Å². The molecule has 2 rings (SSSR count). The number of carbonyl (C=O) groups is 1. The molecule has 0 aliphatic heterocycles. The van der Waals surface area contributed by atoms with Crippen LogP contribution in [0, 0.1) is 6.92 Å². The molecule has 1 heterocycles. The Bertz CT molecular complexity index is 624. The Kier molecular flexibility index (Phi) is 4.89. The van der Waals surface area contributed by atoms with Crippen LogP contribution in [0.4, 0.5) is 0 Å². The standard InChI is InChI=1S/C14H17N3O4/c1-10-13(14(19)21-7-6-20-2)15-16-17(10)9-11-4-3-5-12(18)8-11/h3-5,8,18H,6-7,9H2,1-2H3. The van der Waals surface area contributed by atoms with Gasteiger partial charge in [0.25, 0.3) is 0 Å². The SMILES string of the molecule is COCCOC(=O)c1nnn(Cc2cccc(O)c2)c1C. The molecule has 0 radical (unpaired) electrons. The third-order valence-corrected chi connectivity index (χ3v) is 2.94. The second-order valence-electron chi connectivity index (χ2n) is 4.48. The first-order valence-electron chi connectivity index (χ1n) is 6.46. The Balaban J connectivity index is 2.08. The summed E-state index contributed by atoms with van der Waals surface area (Å²) in [5.74, 6) is -0.337. The van der Waals surface area contributed by atoms with E-state index in [0.717, 1.165) is 5.56 Å². The lowest BCUT2D eigenvalue weighted by atomic mass is 10.2. The number of rotatable bonds is 6. The van der Waals surface area contributed by atoms with Crippen molar-refractivity contribution >= 4 is 5.97 Å².